The van der Waals surface area contributed by atoms with Crippen molar-refractivity contribution in [1.29, 1.82) is 0 Å². The number of rotatable bonds is 4. The molecule has 0 aliphatic rings. The van der Waals surface area contributed by atoms with Gasteiger partial charge in [-0.15, -0.1) is 0 Å². The Hall–Kier alpha value is -1.41. The molecule has 0 bridgehead atoms. The monoisotopic (exact) mass is 232 g/mol. The van der Waals surface area contributed by atoms with Crippen LogP contribution >= 0.6 is 0 Å². The molecule has 0 amide bonds. The molecule has 1 rings (SSSR count). The van der Waals surface area contributed by atoms with Crippen LogP contribution in [0.5, 0.6) is 0 Å². The fourth-order valence-corrected chi connectivity index (χ4v) is 1.38. The van der Waals surface area contributed by atoms with Crippen molar-refractivity contribution in [3.63, 3.8) is 0 Å². The van der Waals surface area contributed by atoms with Crippen LogP contribution in [0.4, 0.5) is 5.82 Å². The second kappa shape index (κ2) is 4.41. The Morgan fingerprint density at radius 2 is 2.27 bits per heavy atom. The van der Waals surface area contributed by atoms with Gasteiger partial charge in [0.15, 0.2) is 0 Å². The minimum absolute atomic E-state index is 0.120. The fraction of sp³-hybridized carbons (Fsp3) is 0.429. The van der Waals surface area contributed by atoms with Crippen molar-refractivity contribution in [2.75, 3.05) is 17.6 Å². The van der Waals surface area contributed by atoms with E-state index in [2.05, 4.69) is 15.3 Å². The largest absolute Gasteiger partial charge is 0.369 e. The zero-order valence-electron chi connectivity index (χ0n) is 8.15. The number of aromatic nitrogens is 2. The number of hydrogen-bond acceptors (Lipinski definition) is 5. The number of nitrogens with two attached hydrogens (primary N) is 1. The summed E-state index contributed by atoms with van der Waals surface area (Å²) >= 11 is 0. The lowest BCUT2D eigenvalue weighted by molar-refractivity contribution is 0.598. The topological polar surface area (TPSA) is 118 Å². The number of nitrogens with zero attached hydrogens (tertiary/aromatic N) is 1. The van der Waals surface area contributed by atoms with Crippen molar-refractivity contribution >= 4 is 15.8 Å². The zero-order valence-corrected chi connectivity index (χ0v) is 8.97. The summed E-state index contributed by atoms with van der Waals surface area (Å²) in [5.41, 5.74) is -0.291. The van der Waals surface area contributed by atoms with Crippen molar-refractivity contribution in [3.05, 3.63) is 22.2 Å². The van der Waals surface area contributed by atoms with E-state index in [0.29, 0.717) is 11.6 Å². The lowest BCUT2D eigenvalue weighted by atomic mass is 10.5. The van der Waals surface area contributed by atoms with Gasteiger partial charge in [0.25, 0.3) is 5.56 Å². The van der Waals surface area contributed by atoms with Gasteiger partial charge in [0, 0.05) is 12.6 Å². The molecule has 1 heterocycles. The lowest BCUT2D eigenvalue weighted by Gasteiger charge is -2.04. The molecule has 1 aromatic heterocycles. The standard InChI is InChI=1S/C7H12N4O3S/c1-5-10-6(4-7(12)11-5)9-2-3-15(8,13)14/h4H,2-3H2,1H3,(H2,8,13,14)(H2,9,10,11,12). The summed E-state index contributed by atoms with van der Waals surface area (Å²) in [6.45, 7) is 1.75. The Bertz CT molecular complexity index is 493. The van der Waals surface area contributed by atoms with E-state index in [-0.39, 0.29) is 17.9 Å². The van der Waals surface area contributed by atoms with Crippen LogP contribution in [-0.2, 0) is 10.0 Å². The molecule has 0 unspecified atom stereocenters. The van der Waals surface area contributed by atoms with Gasteiger partial charge in [-0.25, -0.2) is 18.5 Å². The Morgan fingerprint density at radius 1 is 1.60 bits per heavy atom. The van der Waals surface area contributed by atoms with Gasteiger partial charge in [-0.3, -0.25) is 4.79 Å². The average Bonchev–Trinajstić information content (AvgIpc) is 1.99. The number of sulfonamides is 1. The quantitative estimate of drug-likeness (QED) is 0.601. The van der Waals surface area contributed by atoms with Gasteiger partial charge in [-0.1, -0.05) is 0 Å². The first-order valence-corrected chi connectivity index (χ1v) is 5.91. The maximum atomic E-state index is 11.0. The molecule has 1 aromatic rings. The highest BCUT2D eigenvalue weighted by molar-refractivity contribution is 7.89. The van der Waals surface area contributed by atoms with Crippen LogP contribution < -0.4 is 16.0 Å². The highest BCUT2D eigenvalue weighted by Crippen LogP contribution is 1.96. The third-order valence-electron chi connectivity index (χ3n) is 1.55. The van der Waals surface area contributed by atoms with E-state index >= 15 is 0 Å². The van der Waals surface area contributed by atoms with Crippen LogP contribution in [-0.4, -0.2) is 30.7 Å². The molecule has 0 aliphatic heterocycles. The molecule has 0 fully saturated rings. The van der Waals surface area contributed by atoms with E-state index in [9.17, 15) is 13.2 Å². The number of hydrogen-bond donors (Lipinski definition) is 3. The van der Waals surface area contributed by atoms with Gasteiger partial charge in [0.1, 0.15) is 11.6 Å². The summed E-state index contributed by atoms with van der Waals surface area (Å²) < 4.78 is 21.2. The van der Waals surface area contributed by atoms with Crippen molar-refractivity contribution in [2.45, 2.75) is 6.92 Å². The first kappa shape index (κ1) is 11.7. The highest BCUT2D eigenvalue weighted by atomic mass is 32.2. The summed E-state index contributed by atoms with van der Waals surface area (Å²) in [7, 11) is -3.49. The van der Waals surface area contributed by atoms with E-state index < -0.39 is 10.0 Å². The molecule has 0 aliphatic carbocycles. The SMILES string of the molecule is Cc1nc(NCCS(N)(=O)=O)cc(=O)[nH]1. The van der Waals surface area contributed by atoms with Crippen LogP contribution in [0, 0.1) is 6.92 Å². The second-order valence-electron chi connectivity index (χ2n) is 3.01. The third kappa shape index (κ3) is 4.56. The van der Waals surface area contributed by atoms with Gasteiger partial charge in [0.2, 0.25) is 10.0 Å². The highest BCUT2D eigenvalue weighted by Gasteiger charge is 2.02. The van der Waals surface area contributed by atoms with E-state index in [4.69, 9.17) is 5.14 Å². The zero-order chi connectivity index (χ0) is 11.5. The predicted molar refractivity (Wildman–Crippen MR) is 56.1 cm³/mol. The molecule has 8 heteroatoms. The van der Waals surface area contributed by atoms with Crippen molar-refractivity contribution in [2.24, 2.45) is 5.14 Å². The molecule has 15 heavy (non-hydrogen) atoms. The molecule has 84 valence electrons. The minimum atomic E-state index is -3.49. The van der Waals surface area contributed by atoms with Crippen LogP contribution in [0.15, 0.2) is 10.9 Å². The minimum Gasteiger partial charge on any atom is -0.369 e. The first-order valence-electron chi connectivity index (χ1n) is 4.19. The first-order chi connectivity index (χ1) is 6.87. The van der Waals surface area contributed by atoms with E-state index in [1.807, 2.05) is 0 Å². The van der Waals surface area contributed by atoms with Gasteiger partial charge in [0.05, 0.1) is 5.75 Å². The molecular formula is C7H12N4O3S. The molecule has 0 aromatic carbocycles. The molecule has 0 radical (unpaired) electrons. The van der Waals surface area contributed by atoms with Crippen molar-refractivity contribution in [1.82, 2.24) is 9.97 Å². The normalized spacial score (nSPS) is 11.3. The number of aryl methyl sites for hydroxylation is 1. The molecule has 7 nitrogen and oxygen atoms in total. The maximum Gasteiger partial charge on any atom is 0.252 e. The van der Waals surface area contributed by atoms with Crippen LogP contribution in [0.3, 0.4) is 0 Å². The van der Waals surface area contributed by atoms with Gasteiger partial charge < -0.3 is 10.3 Å². The van der Waals surface area contributed by atoms with Crippen molar-refractivity contribution in [3.8, 4) is 0 Å². The molecule has 4 N–H and O–H groups in total. The Kier molecular flexibility index (Phi) is 3.43. The van der Waals surface area contributed by atoms with Crippen LogP contribution in [0.1, 0.15) is 5.82 Å². The Balaban J connectivity index is 2.62. The van der Waals surface area contributed by atoms with Crippen molar-refractivity contribution < 1.29 is 8.42 Å². The van der Waals surface area contributed by atoms with Gasteiger partial charge in [-0.05, 0) is 6.92 Å². The van der Waals surface area contributed by atoms with Crippen LogP contribution in [0.25, 0.3) is 0 Å². The Labute approximate surface area is 86.8 Å². The summed E-state index contributed by atoms with van der Waals surface area (Å²) in [4.78, 5) is 17.4. The third-order valence-corrected chi connectivity index (χ3v) is 2.33. The summed E-state index contributed by atoms with van der Waals surface area (Å²) in [6, 6.07) is 1.25. The number of H-pyrrole nitrogens is 1. The van der Waals surface area contributed by atoms with Gasteiger partial charge >= 0.3 is 0 Å². The Morgan fingerprint density at radius 3 is 2.80 bits per heavy atom. The van der Waals surface area contributed by atoms with E-state index in [1.165, 1.54) is 6.07 Å². The molecular weight excluding hydrogens is 220 g/mol. The summed E-state index contributed by atoms with van der Waals surface area (Å²) in [5.74, 6) is 0.584. The molecule has 0 spiro atoms. The van der Waals surface area contributed by atoms with E-state index in [1.54, 1.807) is 6.92 Å². The lowest BCUT2D eigenvalue weighted by Crippen LogP contribution is -2.23. The predicted octanol–water partition coefficient (Wildman–Crippen LogP) is -1.22. The smallest absolute Gasteiger partial charge is 0.252 e. The molecule has 0 atom stereocenters. The van der Waals surface area contributed by atoms with Crippen LogP contribution in [0.2, 0.25) is 0 Å². The average molecular weight is 232 g/mol. The maximum absolute atomic E-state index is 11.0. The number of anilines is 1. The fourth-order valence-electron chi connectivity index (χ4n) is 0.991. The second-order valence-corrected chi connectivity index (χ2v) is 4.74. The summed E-state index contributed by atoms with van der Waals surface area (Å²) in [6.07, 6.45) is 0. The number of aromatic amines is 1. The number of nitrogens with one attached hydrogen (secondary N) is 2. The van der Waals surface area contributed by atoms with Gasteiger partial charge in [-0.2, -0.15) is 0 Å². The van der Waals surface area contributed by atoms with E-state index in [0.717, 1.165) is 0 Å². The molecule has 0 saturated heterocycles. The number of primary sulfonamides is 1. The summed E-state index contributed by atoms with van der Waals surface area (Å²) in [5, 5.41) is 7.50. The molecule has 0 saturated carbocycles.